The highest BCUT2D eigenvalue weighted by Crippen LogP contribution is 2.51. The number of likely N-dealkylation sites (tertiary alicyclic amines) is 1. The van der Waals surface area contributed by atoms with Crippen molar-refractivity contribution < 1.29 is 13.9 Å². The number of rotatable bonds is 3. The molecule has 1 saturated heterocycles. The maximum atomic E-state index is 13.8. The first-order valence-electron chi connectivity index (χ1n) is 7.82. The Morgan fingerprint density at radius 3 is 2.48 bits per heavy atom. The molecule has 0 aromatic heterocycles. The van der Waals surface area contributed by atoms with E-state index >= 15 is 0 Å². The normalized spacial score (nSPS) is 30.6. The number of halogens is 2. The molecule has 1 saturated carbocycles. The lowest BCUT2D eigenvalue weighted by atomic mass is 9.62. The molecule has 128 valence electrons. The van der Waals surface area contributed by atoms with E-state index < -0.39 is 17.3 Å². The van der Waals surface area contributed by atoms with Crippen molar-refractivity contribution in [3.8, 4) is 0 Å². The molecule has 1 aromatic carbocycles. The molecule has 2 N–H and O–H groups in total. The van der Waals surface area contributed by atoms with Gasteiger partial charge in [-0.15, -0.1) is 12.4 Å². The lowest BCUT2D eigenvalue weighted by Gasteiger charge is -2.54. The number of ether oxygens (including phenoxy) is 1. The van der Waals surface area contributed by atoms with E-state index in [-0.39, 0.29) is 18.0 Å². The topological polar surface area (TPSA) is 55.6 Å². The van der Waals surface area contributed by atoms with Gasteiger partial charge < -0.3 is 15.4 Å². The number of piperidine rings is 1. The molecule has 2 aliphatic rings. The summed E-state index contributed by atoms with van der Waals surface area (Å²) in [5.74, 6) is -0.605. The summed E-state index contributed by atoms with van der Waals surface area (Å²) >= 11 is 0. The average Bonchev–Trinajstić information content (AvgIpc) is 2.47. The third-order valence-electron chi connectivity index (χ3n) is 5.40. The molecular formula is C17H24ClFN2O2. The summed E-state index contributed by atoms with van der Waals surface area (Å²) in [5, 5.41) is 0. The number of hydrogen-bond donors (Lipinski definition) is 1. The molecule has 0 spiro atoms. The van der Waals surface area contributed by atoms with Gasteiger partial charge in [0.2, 0.25) is 0 Å². The van der Waals surface area contributed by atoms with Crippen molar-refractivity contribution in [3.05, 3.63) is 35.1 Å². The summed E-state index contributed by atoms with van der Waals surface area (Å²) < 4.78 is 19.9. The largest absolute Gasteiger partial charge is 0.373 e. The number of carbonyl (C=O) groups excluding carboxylic acids is 1. The summed E-state index contributed by atoms with van der Waals surface area (Å²) in [6, 6.07) is 4.68. The van der Waals surface area contributed by atoms with Crippen LogP contribution in [0, 0.1) is 17.7 Å². The van der Waals surface area contributed by atoms with Gasteiger partial charge in [0.25, 0.3) is 5.91 Å². The number of amides is 1. The van der Waals surface area contributed by atoms with Gasteiger partial charge in [-0.2, -0.15) is 0 Å². The molecule has 0 radical (unpaired) electrons. The Morgan fingerprint density at radius 1 is 1.35 bits per heavy atom. The molecule has 2 unspecified atom stereocenters. The molecule has 1 aromatic rings. The van der Waals surface area contributed by atoms with E-state index in [0.29, 0.717) is 11.8 Å². The Bertz CT molecular complexity index is 582. The van der Waals surface area contributed by atoms with Crippen molar-refractivity contribution in [1.82, 2.24) is 4.90 Å². The Morgan fingerprint density at radius 2 is 1.96 bits per heavy atom. The molecule has 23 heavy (non-hydrogen) atoms. The van der Waals surface area contributed by atoms with Gasteiger partial charge in [0.05, 0.1) is 5.56 Å². The SMILES string of the molecule is COC1(c2ccc(F)c(C(N)=O)c2)C2CCCC1CN(C)C2.Cl. The van der Waals surface area contributed by atoms with Crippen LogP contribution in [0.5, 0.6) is 0 Å². The fraction of sp³-hybridized carbons (Fsp3) is 0.588. The molecule has 2 fully saturated rings. The molecule has 1 heterocycles. The molecule has 6 heteroatoms. The van der Waals surface area contributed by atoms with E-state index in [1.165, 1.54) is 12.5 Å². The van der Waals surface area contributed by atoms with Crippen LogP contribution in [0.2, 0.25) is 0 Å². The van der Waals surface area contributed by atoms with Gasteiger partial charge in [-0.05, 0) is 37.6 Å². The minimum atomic E-state index is -0.733. The second-order valence-corrected chi connectivity index (χ2v) is 6.60. The van der Waals surface area contributed by atoms with Gasteiger partial charge in [-0.25, -0.2) is 4.39 Å². The number of benzene rings is 1. The summed E-state index contributed by atoms with van der Waals surface area (Å²) in [5.41, 5.74) is 5.70. The van der Waals surface area contributed by atoms with Crippen LogP contribution in [0.1, 0.15) is 35.2 Å². The van der Waals surface area contributed by atoms with Crippen molar-refractivity contribution in [2.75, 3.05) is 27.2 Å². The quantitative estimate of drug-likeness (QED) is 0.918. The van der Waals surface area contributed by atoms with E-state index in [1.54, 1.807) is 19.2 Å². The fourth-order valence-corrected chi connectivity index (χ4v) is 4.53. The molecule has 2 atom stereocenters. The zero-order valence-corrected chi connectivity index (χ0v) is 14.4. The number of methoxy groups -OCH3 is 1. The Kier molecular flexibility index (Phi) is 5.33. The van der Waals surface area contributed by atoms with Gasteiger partial charge in [-0.1, -0.05) is 12.5 Å². The average molecular weight is 343 g/mol. The van der Waals surface area contributed by atoms with E-state index in [0.717, 1.165) is 31.5 Å². The van der Waals surface area contributed by atoms with Gasteiger partial charge in [0.1, 0.15) is 11.4 Å². The van der Waals surface area contributed by atoms with Crippen LogP contribution in [0.15, 0.2) is 18.2 Å². The maximum Gasteiger partial charge on any atom is 0.251 e. The monoisotopic (exact) mass is 342 g/mol. The highest BCUT2D eigenvalue weighted by Gasteiger charge is 2.52. The van der Waals surface area contributed by atoms with E-state index in [9.17, 15) is 9.18 Å². The number of nitrogens with two attached hydrogens (primary N) is 1. The van der Waals surface area contributed by atoms with Crippen LogP contribution in [-0.2, 0) is 10.3 Å². The first-order valence-corrected chi connectivity index (χ1v) is 7.82. The lowest BCUT2D eigenvalue weighted by molar-refractivity contribution is -0.165. The van der Waals surface area contributed by atoms with Gasteiger partial charge in [0, 0.05) is 32.0 Å². The molecule has 1 aliphatic heterocycles. The summed E-state index contributed by atoms with van der Waals surface area (Å²) in [7, 11) is 3.86. The van der Waals surface area contributed by atoms with E-state index in [2.05, 4.69) is 11.9 Å². The van der Waals surface area contributed by atoms with Crippen molar-refractivity contribution in [3.63, 3.8) is 0 Å². The Hall–Kier alpha value is -1.17. The second kappa shape index (κ2) is 6.75. The van der Waals surface area contributed by atoms with Crippen LogP contribution in [0.4, 0.5) is 4.39 Å². The number of nitrogens with zero attached hydrogens (tertiary/aromatic N) is 1. The highest BCUT2D eigenvalue weighted by atomic mass is 35.5. The number of hydrogen-bond acceptors (Lipinski definition) is 3. The molecule has 2 bridgehead atoms. The standard InChI is InChI=1S/C17H23FN2O2.ClH/c1-20-9-12-4-3-5-13(10-20)17(12,22-2)11-6-7-15(18)14(8-11)16(19)21;/h6-8,12-13H,3-5,9-10H2,1-2H3,(H2,19,21);1H. The molecule has 1 aliphatic carbocycles. The zero-order valence-electron chi connectivity index (χ0n) is 13.5. The summed E-state index contributed by atoms with van der Waals surface area (Å²) in [6.45, 7) is 1.90. The molecule has 4 nitrogen and oxygen atoms in total. The Balaban J connectivity index is 0.00000192. The van der Waals surface area contributed by atoms with Crippen LogP contribution >= 0.6 is 12.4 Å². The zero-order chi connectivity index (χ0) is 15.9. The van der Waals surface area contributed by atoms with E-state index in [1.807, 2.05) is 0 Å². The summed E-state index contributed by atoms with van der Waals surface area (Å²) in [6.07, 6.45) is 3.36. The second-order valence-electron chi connectivity index (χ2n) is 6.60. The van der Waals surface area contributed by atoms with Gasteiger partial charge >= 0.3 is 0 Å². The Labute approximate surface area is 142 Å². The lowest BCUT2D eigenvalue weighted by Crippen LogP contribution is -2.58. The number of fused-ring (bicyclic) bond motifs is 2. The van der Waals surface area contributed by atoms with Crippen molar-refractivity contribution >= 4 is 18.3 Å². The first-order chi connectivity index (χ1) is 10.5. The molecule has 3 rings (SSSR count). The fourth-order valence-electron chi connectivity index (χ4n) is 4.53. The molecule has 1 amide bonds. The van der Waals surface area contributed by atoms with Gasteiger partial charge in [0.15, 0.2) is 0 Å². The first kappa shape index (κ1) is 18.2. The van der Waals surface area contributed by atoms with Crippen molar-refractivity contribution in [2.24, 2.45) is 17.6 Å². The third kappa shape index (κ3) is 2.86. The minimum Gasteiger partial charge on any atom is -0.373 e. The number of carbonyl (C=O) groups is 1. The van der Waals surface area contributed by atoms with Crippen LogP contribution in [-0.4, -0.2) is 38.1 Å². The predicted octanol–water partition coefficient (Wildman–Crippen LogP) is 2.55. The third-order valence-corrected chi connectivity index (χ3v) is 5.40. The van der Waals surface area contributed by atoms with Crippen LogP contribution < -0.4 is 5.73 Å². The van der Waals surface area contributed by atoms with Gasteiger partial charge in [-0.3, -0.25) is 4.79 Å². The maximum absolute atomic E-state index is 13.8. The highest BCUT2D eigenvalue weighted by molar-refractivity contribution is 5.93. The van der Waals surface area contributed by atoms with Crippen LogP contribution in [0.25, 0.3) is 0 Å². The van der Waals surface area contributed by atoms with Crippen molar-refractivity contribution in [1.29, 1.82) is 0 Å². The molecular weight excluding hydrogens is 319 g/mol. The minimum absolute atomic E-state index is 0. The van der Waals surface area contributed by atoms with Crippen molar-refractivity contribution in [2.45, 2.75) is 24.9 Å². The summed E-state index contributed by atoms with van der Waals surface area (Å²) in [4.78, 5) is 13.8. The smallest absolute Gasteiger partial charge is 0.251 e. The van der Waals surface area contributed by atoms with E-state index in [4.69, 9.17) is 10.5 Å². The number of primary amides is 1. The van der Waals surface area contributed by atoms with Crippen LogP contribution in [0.3, 0.4) is 0 Å². The predicted molar refractivity (Wildman–Crippen MR) is 89.2 cm³/mol.